The topological polar surface area (TPSA) is 83.8 Å². The summed E-state index contributed by atoms with van der Waals surface area (Å²) in [7, 11) is 0. The van der Waals surface area contributed by atoms with E-state index < -0.39 is 37.2 Å². The molecule has 8 heteroatoms. The van der Waals surface area contributed by atoms with Gasteiger partial charge in [-0.15, -0.1) is 0 Å². The van der Waals surface area contributed by atoms with E-state index >= 15 is 0 Å². The molecule has 0 aliphatic rings. The fourth-order valence-electron chi connectivity index (χ4n) is 0.466. The third kappa shape index (κ3) is 6.23. The van der Waals surface area contributed by atoms with E-state index in [0.717, 1.165) is 0 Å². The second-order valence-electron chi connectivity index (χ2n) is 2.33. The smallest absolute Gasteiger partial charge is 0.422 e. The number of halogens is 3. The van der Waals surface area contributed by atoms with Crippen LogP contribution in [0.4, 0.5) is 13.2 Å². The van der Waals surface area contributed by atoms with Crippen LogP contribution in [0.1, 0.15) is 6.42 Å². The predicted octanol–water partition coefficient (Wildman–Crippen LogP) is -0.0725. The van der Waals surface area contributed by atoms with E-state index in [1.165, 1.54) is 0 Å². The molecule has 14 heavy (non-hydrogen) atoms. The number of esters is 1. The minimum atomic E-state index is -4.66. The molecule has 0 unspecified atom stereocenters. The van der Waals surface area contributed by atoms with E-state index in [2.05, 4.69) is 4.74 Å². The van der Waals surface area contributed by atoms with Crippen molar-refractivity contribution in [3.05, 3.63) is 0 Å². The van der Waals surface area contributed by atoms with Gasteiger partial charge in [0.2, 0.25) is 0 Å². The van der Waals surface area contributed by atoms with Gasteiger partial charge >= 0.3 is 18.1 Å². The number of aliphatic carboxylic acids is 1. The van der Waals surface area contributed by atoms with E-state index in [1.54, 1.807) is 0 Å². The van der Waals surface area contributed by atoms with Crippen LogP contribution in [-0.4, -0.2) is 41.0 Å². The summed E-state index contributed by atoms with van der Waals surface area (Å²) in [6.45, 7) is -1.79. The van der Waals surface area contributed by atoms with Gasteiger partial charge in [0.1, 0.15) is 0 Å². The number of carboxylic acid groups (broad SMARTS) is 1. The van der Waals surface area contributed by atoms with E-state index in [-0.39, 0.29) is 0 Å². The summed E-state index contributed by atoms with van der Waals surface area (Å²) in [5, 5.41) is 16.6. The summed E-state index contributed by atoms with van der Waals surface area (Å²) in [6.07, 6.45) is -7.72. The second kappa shape index (κ2) is 4.80. The average molecular weight is 216 g/mol. The zero-order valence-electron chi connectivity index (χ0n) is 6.74. The number of hydrogen-bond acceptors (Lipinski definition) is 4. The van der Waals surface area contributed by atoms with E-state index in [0.29, 0.717) is 0 Å². The van der Waals surface area contributed by atoms with Crippen LogP contribution < -0.4 is 0 Å². The number of alkyl halides is 3. The molecule has 0 heterocycles. The molecule has 0 saturated heterocycles. The highest BCUT2D eigenvalue weighted by atomic mass is 19.4. The van der Waals surface area contributed by atoms with Gasteiger partial charge in [-0.1, -0.05) is 0 Å². The van der Waals surface area contributed by atoms with Crippen LogP contribution in [0.5, 0.6) is 0 Å². The molecule has 0 amide bonds. The number of aliphatic hydroxyl groups is 1. The number of hydrogen-bond donors (Lipinski definition) is 2. The maximum absolute atomic E-state index is 11.5. The van der Waals surface area contributed by atoms with Gasteiger partial charge in [-0.3, -0.25) is 4.79 Å². The van der Waals surface area contributed by atoms with Crippen LogP contribution in [0, 0.1) is 0 Å². The molecule has 0 aliphatic carbocycles. The number of carboxylic acids is 1. The summed E-state index contributed by atoms with van der Waals surface area (Å²) in [4.78, 5) is 20.4. The first-order valence-electron chi connectivity index (χ1n) is 3.35. The molecule has 0 spiro atoms. The van der Waals surface area contributed by atoms with Gasteiger partial charge in [-0.25, -0.2) is 4.79 Å². The molecule has 0 bridgehead atoms. The van der Waals surface area contributed by atoms with Crippen molar-refractivity contribution in [1.82, 2.24) is 0 Å². The first-order chi connectivity index (χ1) is 6.22. The average Bonchev–Trinajstić information content (AvgIpc) is 1.99. The molecule has 0 rings (SSSR count). The Morgan fingerprint density at radius 2 is 1.86 bits per heavy atom. The molecule has 0 aromatic rings. The molecule has 0 aromatic heterocycles. The fourth-order valence-corrected chi connectivity index (χ4v) is 0.466. The molecule has 0 aromatic carbocycles. The van der Waals surface area contributed by atoms with Crippen molar-refractivity contribution in [1.29, 1.82) is 0 Å². The highest BCUT2D eigenvalue weighted by Gasteiger charge is 2.30. The highest BCUT2D eigenvalue weighted by Crippen LogP contribution is 2.14. The molecule has 0 fully saturated rings. The van der Waals surface area contributed by atoms with Crippen LogP contribution in [0.3, 0.4) is 0 Å². The van der Waals surface area contributed by atoms with Crippen molar-refractivity contribution >= 4 is 11.9 Å². The minimum Gasteiger partial charge on any atom is -0.479 e. The number of ether oxygens (including phenoxy) is 1. The van der Waals surface area contributed by atoms with Crippen molar-refractivity contribution in [2.24, 2.45) is 0 Å². The third-order valence-corrected chi connectivity index (χ3v) is 1.04. The second-order valence-corrected chi connectivity index (χ2v) is 2.33. The third-order valence-electron chi connectivity index (χ3n) is 1.04. The van der Waals surface area contributed by atoms with Crippen LogP contribution in [-0.2, 0) is 14.3 Å². The van der Waals surface area contributed by atoms with Crippen LogP contribution >= 0.6 is 0 Å². The Bertz CT molecular complexity index is 224. The van der Waals surface area contributed by atoms with Gasteiger partial charge in [0.05, 0.1) is 6.42 Å². The number of aliphatic hydroxyl groups excluding tert-OH is 1. The summed E-state index contributed by atoms with van der Waals surface area (Å²) < 4.78 is 38.0. The first kappa shape index (κ1) is 12.7. The summed E-state index contributed by atoms with van der Waals surface area (Å²) in [5.41, 5.74) is 0. The number of rotatable bonds is 4. The lowest BCUT2D eigenvalue weighted by atomic mass is 10.2. The lowest BCUT2D eigenvalue weighted by Gasteiger charge is -2.08. The van der Waals surface area contributed by atoms with Crippen molar-refractivity contribution in [3.8, 4) is 0 Å². The number of carbonyl (C=O) groups is 2. The Labute approximate surface area is 76.1 Å². The van der Waals surface area contributed by atoms with Crippen LogP contribution in [0.15, 0.2) is 0 Å². The number of carbonyl (C=O) groups excluding carboxylic acids is 1. The SMILES string of the molecule is O=C(C[C@H](O)C(=O)O)OCC(F)(F)F. The van der Waals surface area contributed by atoms with Gasteiger partial charge in [-0.2, -0.15) is 13.2 Å². The van der Waals surface area contributed by atoms with Crippen LogP contribution in [0.2, 0.25) is 0 Å². The van der Waals surface area contributed by atoms with Crippen molar-refractivity contribution < 1.29 is 37.7 Å². The quantitative estimate of drug-likeness (QED) is 0.642. The predicted molar refractivity (Wildman–Crippen MR) is 35.3 cm³/mol. The Morgan fingerprint density at radius 3 is 2.21 bits per heavy atom. The zero-order chi connectivity index (χ0) is 11.4. The maximum atomic E-state index is 11.5. The van der Waals surface area contributed by atoms with Gasteiger partial charge in [0.15, 0.2) is 12.7 Å². The van der Waals surface area contributed by atoms with Crippen molar-refractivity contribution in [2.75, 3.05) is 6.61 Å². The van der Waals surface area contributed by atoms with Crippen LogP contribution in [0.25, 0.3) is 0 Å². The normalized spacial score (nSPS) is 13.4. The molecule has 0 aliphatic heterocycles. The zero-order valence-corrected chi connectivity index (χ0v) is 6.74. The molecular weight excluding hydrogens is 209 g/mol. The summed E-state index contributed by atoms with van der Waals surface area (Å²) in [6, 6.07) is 0. The van der Waals surface area contributed by atoms with Crippen molar-refractivity contribution in [3.63, 3.8) is 0 Å². The van der Waals surface area contributed by atoms with Gasteiger partial charge in [0.25, 0.3) is 0 Å². The first-order valence-corrected chi connectivity index (χ1v) is 3.35. The van der Waals surface area contributed by atoms with E-state index in [1.807, 2.05) is 0 Å². The lowest BCUT2D eigenvalue weighted by molar-refractivity contribution is -0.188. The monoisotopic (exact) mass is 216 g/mol. The maximum Gasteiger partial charge on any atom is 0.422 e. The molecule has 5 nitrogen and oxygen atoms in total. The molecule has 2 N–H and O–H groups in total. The standard InChI is InChI=1S/C6H7F3O5/c7-6(8,9)2-14-4(11)1-3(10)5(12)13/h3,10H,1-2H2,(H,12,13)/t3-/m0/s1. The van der Waals surface area contributed by atoms with E-state index in [9.17, 15) is 22.8 Å². The van der Waals surface area contributed by atoms with Gasteiger partial charge in [-0.05, 0) is 0 Å². The Morgan fingerprint density at radius 1 is 1.36 bits per heavy atom. The van der Waals surface area contributed by atoms with Crippen molar-refractivity contribution in [2.45, 2.75) is 18.7 Å². The Kier molecular flexibility index (Phi) is 4.35. The van der Waals surface area contributed by atoms with Gasteiger partial charge < -0.3 is 14.9 Å². The minimum absolute atomic E-state index is 1.01. The summed E-state index contributed by atoms with van der Waals surface area (Å²) in [5.74, 6) is -3.12. The highest BCUT2D eigenvalue weighted by molar-refractivity contribution is 5.80. The largest absolute Gasteiger partial charge is 0.479 e. The molecule has 0 radical (unpaired) electrons. The molecular formula is C6H7F3O5. The fraction of sp³-hybridized carbons (Fsp3) is 0.667. The molecule has 1 atom stereocenters. The Balaban J connectivity index is 3.83. The Hall–Kier alpha value is -1.31. The lowest BCUT2D eigenvalue weighted by Crippen LogP contribution is -2.27. The van der Waals surface area contributed by atoms with Gasteiger partial charge in [0, 0.05) is 0 Å². The molecule has 82 valence electrons. The molecule has 0 saturated carbocycles. The van der Waals surface area contributed by atoms with E-state index in [4.69, 9.17) is 10.2 Å². The summed E-state index contributed by atoms with van der Waals surface area (Å²) >= 11 is 0.